The largest absolute Gasteiger partial charge is 0.369 e. The van der Waals surface area contributed by atoms with Crippen molar-refractivity contribution in [1.29, 1.82) is 0 Å². The van der Waals surface area contributed by atoms with Crippen LogP contribution in [-0.4, -0.2) is 18.3 Å². The van der Waals surface area contributed by atoms with Gasteiger partial charge in [0.1, 0.15) is 6.61 Å². The van der Waals surface area contributed by atoms with Gasteiger partial charge in [0.2, 0.25) is 0 Å². The summed E-state index contributed by atoms with van der Waals surface area (Å²) in [6, 6.07) is 7.31. The molecule has 0 aromatic heterocycles. The molecule has 1 rings (SSSR count). The molecule has 0 unspecified atom stereocenters. The Kier molecular flexibility index (Phi) is 4.94. The van der Waals surface area contributed by atoms with Gasteiger partial charge in [0, 0.05) is 5.02 Å². The molecule has 0 bridgehead atoms. The quantitative estimate of drug-likeness (QED) is 0.731. The summed E-state index contributed by atoms with van der Waals surface area (Å²) in [7, 11) is 0. The number of hydrogen-bond donors (Lipinski definition) is 0. The third-order valence-electron chi connectivity index (χ3n) is 1.57. The highest BCUT2D eigenvalue weighted by Gasteiger charge is 1.99. The molecule has 0 aliphatic carbocycles. The van der Waals surface area contributed by atoms with E-state index in [2.05, 4.69) is 0 Å². The van der Waals surface area contributed by atoms with Crippen molar-refractivity contribution in [1.82, 2.24) is 0 Å². The minimum Gasteiger partial charge on any atom is -0.369 e. The molecular weight excluding hydrogens is 223 g/mol. The summed E-state index contributed by atoms with van der Waals surface area (Å²) in [6.45, 7) is 0.430. The van der Waals surface area contributed by atoms with Gasteiger partial charge in [0.25, 0.3) is 0 Å². The van der Waals surface area contributed by atoms with Gasteiger partial charge in [0.15, 0.2) is 5.78 Å². The molecule has 0 heterocycles. The maximum absolute atomic E-state index is 10.8. The van der Waals surface area contributed by atoms with Crippen LogP contribution < -0.4 is 0 Å². The minimum absolute atomic E-state index is 0.00442. The Morgan fingerprint density at radius 2 is 2.21 bits per heavy atom. The number of Topliss-reactive ketones (excluding diaryl/α,β-unsaturated/α-hetero) is 1. The summed E-state index contributed by atoms with van der Waals surface area (Å²) in [4.78, 5) is 10.8. The van der Waals surface area contributed by atoms with Gasteiger partial charge >= 0.3 is 0 Å². The van der Waals surface area contributed by atoms with E-state index in [1.807, 2.05) is 12.1 Å². The van der Waals surface area contributed by atoms with Crippen LogP contribution in [0.15, 0.2) is 24.3 Å². The molecular formula is C10H10Cl2O2. The van der Waals surface area contributed by atoms with E-state index in [1.54, 1.807) is 12.1 Å². The molecule has 14 heavy (non-hydrogen) atoms. The van der Waals surface area contributed by atoms with Crippen LogP contribution in [0, 0.1) is 0 Å². The lowest BCUT2D eigenvalue weighted by Crippen LogP contribution is -2.09. The average Bonchev–Trinajstić information content (AvgIpc) is 2.17. The molecule has 0 radical (unpaired) electrons. The lowest BCUT2D eigenvalue weighted by atomic mass is 10.2. The van der Waals surface area contributed by atoms with Crippen molar-refractivity contribution in [2.24, 2.45) is 0 Å². The number of alkyl halides is 1. The average molecular weight is 233 g/mol. The minimum atomic E-state index is -0.117. The zero-order chi connectivity index (χ0) is 10.4. The number of ether oxygens (including phenoxy) is 1. The number of rotatable bonds is 5. The van der Waals surface area contributed by atoms with Crippen LogP contribution in [0.5, 0.6) is 0 Å². The van der Waals surface area contributed by atoms with Crippen molar-refractivity contribution < 1.29 is 9.53 Å². The third-order valence-corrected chi connectivity index (χ3v) is 2.10. The normalized spacial score (nSPS) is 10.1. The fourth-order valence-corrected chi connectivity index (χ4v) is 1.24. The van der Waals surface area contributed by atoms with E-state index >= 15 is 0 Å². The molecule has 2 nitrogen and oxygen atoms in total. The Balaban J connectivity index is 2.35. The smallest absolute Gasteiger partial charge is 0.173 e. The molecule has 1 aromatic carbocycles. The molecule has 0 aliphatic rings. The third kappa shape index (κ3) is 4.09. The van der Waals surface area contributed by atoms with Gasteiger partial charge in [-0.2, -0.15) is 0 Å². The topological polar surface area (TPSA) is 26.3 Å². The van der Waals surface area contributed by atoms with Crippen molar-refractivity contribution in [2.75, 3.05) is 12.5 Å². The fourth-order valence-electron chi connectivity index (χ4n) is 0.948. The standard InChI is InChI=1S/C10H10Cl2O2/c11-5-10(13)7-14-6-8-2-1-3-9(12)4-8/h1-4H,5-7H2. The van der Waals surface area contributed by atoms with Gasteiger partial charge in [-0.15, -0.1) is 11.6 Å². The van der Waals surface area contributed by atoms with Crippen LogP contribution in [0.1, 0.15) is 5.56 Å². The van der Waals surface area contributed by atoms with Crippen LogP contribution in [-0.2, 0) is 16.1 Å². The predicted molar refractivity (Wildman–Crippen MR) is 56.8 cm³/mol. The van der Waals surface area contributed by atoms with Crippen LogP contribution >= 0.6 is 23.2 Å². The van der Waals surface area contributed by atoms with Crippen molar-refractivity contribution in [3.05, 3.63) is 34.9 Å². The van der Waals surface area contributed by atoms with Crippen LogP contribution in [0.3, 0.4) is 0 Å². The number of hydrogen-bond acceptors (Lipinski definition) is 2. The Hall–Kier alpha value is -0.570. The zero-order valence-electron chi connectivity index (χ0n) is 7.50. The maximum Gasteiger partial charge on any atom is 0.173 e. The number of carbonyl (C=O) groups excluding carboxylic acids is 1. The van der Waals surface area contributed by atoms with E-state index in [9.17, 15) is 4.79 Å². The van der Waals surface area contributed by atoms with E-state index in [0.29, 0.717) is 11.6 Å². The predicted octanol–water partition coefficient (Wildman–Crippen LogP) is 2.66. The molecule has 0 amide bonds. The molecule has 1 aromatic rings. The van der Waals surface area contributed by atoms with Gasteiger partial charge in [-0.3, -0.25) is 4.79 Å². The Labute approximate surface area is 92.8 Å². The Morgan fingerprint density at radius 1 is 1.43 bits per heavy atom. The highest BCUT2D eigenvalue weighted by atomic mass is 35.5. The molecule has 0 aliphatic heterocycles. The second-order valence-corrected chi connectivity index (χ2v) is 3.50. The molecule has 0 saturated heterocycles. The molecule has 4 heteroatoms. The lowest BCUT2D eigenvalue weighted by Gasteiger charge is -2.02. The van der Waals surface area contributed by atoms with Crippen LogP contribution in [0.25, 0.3) is 0 Å². The van der Waals surface area contributed by atoms with E-state index < -0.39 is 0 Å². The first kappa shape index (κ1) is 11.5. The highest BCUT2D eigenvalue weighted by Crippen LogP contribution is 2.11. The maximum atomic E-state index is 10.8. The van der Waals surface area contributed by atoms with Gasteiger partial charge in [-0.1, -0.05) is 23.7 Å². The second kappa shape index (κ2) is 6.02. The van der Waals surface area contributed by atoms with Gasteiger partial charge in [0.05, 0.1) is 12.5 Å². The zero-order valence-corrected chi connectivity index (χ0v) is 9.02. The second-order valence-electron chi connectivity index (χ2n) is 2.80. The molecule has 0 atom stereocenters. The first-order valence-electron chi connectivity index (χ1n) is 4.12. The van der Waals surface area contributed by atoms with Gasteiger partial charge < -0.3 is 4.74 Å². The number of carbonyl (C=O) groups is 1. The number of benzene rings is 1. The summed E-state index contributed by atoms with van der Waals surface area (Å²) in [6.07, 6.45) is 0. The lowest BCUT2D eigenvalue weighted by molar-refractivity contribution is -0.121. The van der Waals surface area contributed by atoms with E-state index in [1.165, 1.54) is 0 Å². The summed E-state index contributed by atoms with van der Waals surface area (Å²) in [5.74, 6) is -0.121. The first-order valence-corrected chi connectivity index (χ1v) is 5.03. The number of halogens is 2. The van der Waals surface area contributed by atoms with E-state index in [-0.39, 0.29) is 18.3 Å². The monoisotopic (exact) mass is 232 g/mol. The van der Waals surface area contributed by atoms with Crippen molar-refractivity contribution >= 4 is 29.0 Å². The summed E-state index contributed by atoms with van der Waals surface area (Å²) >= 11 is 11.1. The molecule has 0 saturated carbocycles. The van der Waals surface area contributed by atoms with E-state index in [0.717, 1.165) is 5.56 Å². The summed E-state index contributed by atoms with van der Waals surface area (Å²) in [5, 5.41) is 0.662. The Bertz CT molecular complexity index is 313. The highest BCUT2D eigenvalue weighted by molar-refractivity contribution is 6.30. The molecule has 76 valence electrons. The number of ketones is 1. The van der Waals surface area contributed by atoms with Crippen LogP contribution in [0.4, 0.5) is 0 Å². The van der Waals surface area contributed by atoms with Crippen LogP contribution in [0.2, 0.25) is 5.02 Å². The molecule has 0 fully saturated rings. The SMILES string of the molecule is O=C(CCl)COCc1cccc(Cl)c1. The molecule has 0 N–H and O–H groups in total. The van der Waals surface area contributed by atoms with Crippen molar-refractivity contribution in [3.8, 4) is 0 Å². The Morgan fingerprint density at radius 3 is 2.86 bits per heavy atom. The summed E-state index contributed by atoms with van der Waals surface area (Å²) in [5.41, 5.74) is 0.944. The first-order chi connectivity index (χ1) is 6.72. The summed E-state index contributed by atoms with van der Waals surface area (Å²) < 4.78 is 5.13. The fraction of sp³-hybridized carbons (Fsp3) is 0.300. The van der Waals surface area contributed by atoms with E-state index in [4.69, 9.17) is 27.9 Å². The van der Waals surface area contributed by atoms with Crippen molar-refractivity contribution in [2.45, 2.75) is 6.61 Å². The van der Waals surface area contributed by atoms with Gasteiger partial charge in [-0.25, -0.2) is 0 Å². The van der Waals surface area contributed by atoms with Crippen molar-refractivity contribution in [3.63, 3.8) is 0 Å². The van der Waals surface area contributed by atoms with Gasteiger partial charge in [-0.05, 0) is 17.7 Å². The molecule has 0 spiro atoms.